The molecule has 0 saturated carbocycles. The van der Waals surface area contributed by atoms with E-state index in [2.05, 4.69) is 12.2 Å². The Kier molecular flexibility index (Phi) is 10.9. The van der Waals surface area contributed by atoms with Crippen molar-refractivity contribution in [2.24, 2.45) is 0 Å². The molecule has 3 nitrogen and oxygen atoms in total. The molecule has 86 valence electrons. The first-order valence-electron chi connectivity index (χ1n) is 5.97. The van der Waals surface area contributed by atoms with Gasteiger partial charge in [0, 0.05) is 6.54 Å². The van der Waals surface area contributed by atoms with Gasteiger partial charge < -0.3 is 15.6 Å². The number of unbranched alkanes of at least 4 members (excludes halogenated alkanes) is 5. The topological polar surface area (TPSA) is 39.5 Å². The molecule has 0 aromatic carbocycles. The van der Waals surface area contributed by atoms with E-state index >= 15 is 0 Å². The van der Waals surface area contributed by atoms with E-state index in [1.165, 1.54) is 32.1 Å². The second-order valence-corrected chi connectivity index (χ2v) is 3.91. The van der Waals surface area contributed by atoms with Crippen molar-refractivity contribution < 1.29 is 5.06 Å². The number of rotatable bonds is 10. The van der Waals surface area contributed by atoms with Crippen LogP contribution in [0.5, 0.6) is 0 Å². The number of hydroxylamine groups is 2. The predicted molar refractivity (Wildman–Crippen MR) is 61.4 cm³/mol. The van der Waals surface area contributed by atoms with Gasteiger partial charge in [-0.25, -0.2) is 0 Å². The maximum Gasteiger partial charge on any atom is 0.0894 e. The molecule has 0 aliphatic heterocycles. The summed E-state index contributed by atoms with van der Waals surface area (Å²) in [4.78, 5) is 0. The third-order valence-corrected chi connectivity index (χ3v) is 2.46. The van der Waals surface area contributed by atoms with Gasteiger partial charge in [-0.15, -0.1) is 0 Å². The number of likely N-dealkylation sites (N-methyl/N-ethyl adjacent to an activating group) is 1. The molecule has 14 heavy (non-hydrogen) atoms. The zero-order valence-electron chi connectivity index (χ0n) is 9.77. The number of hydrogen-bond donors (Lipinski definition) is 2. The van der Waals surface area contributed by atoms with Crippen LogP contribution in [0.15, 0.2) is 0 Å². The molecule has 0 bridgehead atoms. The number of nitrogens with one attached hydrogen (secondary N) is 2. The van der Waals surface area contributed by atoms with Crippen molar-refractivity contribution in [3.8, 4) is 0 Å². The summed E-state index contributed by atoms with van der Waals surface area (Å²) in [7, 11) is 1.89. The molecule has 0 spiro atoms. The van der Waals surface area contributed by atoms with Gasteiger partial charge in [0.1, 0.15) is 0 Å². The molecule has 0 radical (unpaired) electrons. The van der Waals surface area contributed by atoms with Crippen LogP contribution in [-0.4, -0.2) is 26.7 Å². The summed E-state index contributed by atoms with van der Waals surface area (Å²) in [6.45, 7) is 4.54. The Bertz CT molecular complexity index is 109. The molecule has 0 heterocycles. The van der Waals surface area contributed by atoms with Crippen molar-refractivity contribution >= 4 is 0 Å². The number of quaternary nitrogens is 1. The normalized spacial score (nSPS) is 13.1. The van der Waals surface area contributed by atoms with Crippen LogP contribution in [-0.2, 0) is 0 Å². The first kappa shape index (κ1) is 13.9. The third kappa shape index (κ3) is 9.96. The zero-order chi connectivity index (χ0) is 10.6. The fraction of sp³-hybridized carbons (Fsp3) is 1.00. The Morgan fingerprint density at radius 2 is 1.64 bits per heavy atom. The molecule has 1 atom stereocenters. The summed E-state index contributed by atoms with van der Waals surface area (Å²) in [5, 5.41) is 14.7. The molecular weight excluding hydrogens is 176 g/mol. The predicted octanol–water partition coefficient (Wildman–Crippen LogP) is 0.949. The fourth-order valence-electron chi connectivity index (χ4n) is 1.49. The van der Waals surface area contributed by atoms with Gasteiger partial charge in [0.2, 0.25) is 0 Å². The first-order valence-corrected chi connectivity index (χ1v) is 5.97. The van der Waals surface area contributed by atoms with Gasteiger partial charge >= 0.3 is 0 Å². The number of hydrogen-bond acceptors (Lipinski definition) is 2. The summed E-state index contributed by atoms with van der Waals surface area (Å²) in [6, 6.07) is 0. The van der Waals surface area contributed by atoms with Gasteiger partial charge in [-0.05, 0) is 19.9 Å². The highest BCUT2D eigenvalue weighted by Gasteiger charge is 1.96. The Labute approximate surface area is 88.4 Å². The van der Waals surface area contributed by atoms with Gasteiger partial charge in [-0.2, -0.15) is 0 Å². The Morgan fingerprint density at radius 1 is 1.00 bits per heavy atom. The fourth-order valence-corrected chi connectivity index (χ4v) is 1.49. The Hall–Kier alpha value is -0.120. The molecule has 3 heteroatoms. The van der Waals surface area contributed by atoms with Crippen LogP contribution >= 0.6 is 0 Å². The lowest BCUT2D eigenvalue weighted by Gasteiger charge is -2.21. The average Bonchev–Trinajstić information content (AvgIpc) is 2.20. The molecule has 0 aliphatic carbocycles. The van der Waals surface area contributed by atoms with E-state index in [0.29, 0.717) is 11.6 Å². The van der Waals surface area contributed by atoms with Crippen molar-refractivity contribution in [2.45, 2.75) is 45.4 Å². The van der Waals surface area contributed by atoms with Crippen LogP contribution in [0.25, 0.3) is 0 Å². The largest absolute Gasteiger partial charge is 0.634 e. The highest BCUT2D eigenvalue weighted by Crippen LogP contribution is 2.03. The van der Waals surface area contributed by atoms with Crippen molar-refractivity contribution in [1.29, 1.82) is 0 Å². The van der Waals surface area contributed by atoms with Crippen LogP contribution in [0.1, 0.15) is 45.4 Å². The lowest BCUT2D eigenvalue weighted by atomic mass is 10.1. The molecule has 0 aromatic rings. The molecule has 0 aromatic heterocycles. The Balaban J connectivity index is 3.02. The highest BCUT2D eigenvalue weighted by atomic mass is 16.5. The molecule has 0 fully saturated rings. The van der Waals surface area contributed by atoms with E-state index in [4.69, 9.17) is 0 Å². The van der Waals surface area contributed by atoms with Crippen LogP contribution in [0.4, 0.5) is 0 Å². The third-order valence-electron chi connectivity index (χ3n) is 2.46. The summed E-state index contributed by atoms with van der Waals surface area (Å²) in [5.41, 5.74) is 0. The van der Waals surface area contributed by atoms with E-state index < -0.39 is 0 Å². The van der Waals surface area contributed by atoms with Crippen molar-refractivity contribution in [3.05, 3.63) is 5.21 Å². The van der Waals surface area contributed by atoms with Crippen molar-refractivity contribution in [2.75, 3.05) is 26.7 Å². The highest BCUT2D eigenvalue weighted by molar-refractivity contribution is 4.43. The van der Waals surface area contributed by atoms with Crippen molar-refractivity contribution in [1.82, 2.24) is 5.32 Å². The SMILES string of the molecule is CCCCCCCC[NH+]([O-])CCNC. The van der Waals surface area contributed by atoms with E-state index in [0.717, 1.165) is 19.5 Å². The molecule has 0 amide bonds. The van der Waals surface area contributed by atoms with Crippen LogP contribution < -0.4 is 10.4 Å². The summed E-state index contributed by atoms with van der Waals surface area (Å²) >= 11 is 0. The standard InChI is InChI=1S/C11H26N2O/c1-3-4-5-6-7-8-10-13(14)11-9-12-2/h12-13H,3-11H2,1-2H3. The molecular formula is C11H26N2O. The van der Waals surface area contributed by atoms with Gasteiger partial charge in [-0.1, -0.05) is 32.6 Å². The van der Waals surface area contributed by atoms with E-state index in [1.807, 2.05) is 7.05 Å². The summed E-state index contributed by atoms with van der Waals surface area (Å²) in [5.74, 6) is 0. The lowest BCUT2D eigenvalue weighted by molar-refractivity contribution is -0.847. The average molecular weight is 202 g/mol. The van der Waals surface area contributed by atoms with E-state index in [-0.39, 0.29) is 0 Å². The van der Waals surface area contributed by atoms with Gasteiger partial charge in [0.15, 0.2) is 0 Å². The minimum absolute atomic E-state index is 0.412. The van der Waals surface area contributed by atoms with Gasteiger partial charge in [0.05, 0.1) is 13.1 Å². The molecule has 0 saturated heterocycles. The Morgan fingerprint density at radius 3 is 2.29 bits per heavy atom. The monoisotopic (exact) mass is 202 g/mol. The molecule has 2 N–H and O–H groups in total. The van der Waals surface area contributed by atoms with Gasteiger partial charge in [0.25, 0.3) is 0 Å². The second-order valence-electron chi connectivity index (χ2n) is 3.91. The lowest BCUT2D eigenvalue weighted by Crippen LogP contribution is -3.08. The molecule has 1 unspecified atom stereocenters. The molecule has 0 rings (SSSR count). The smallest absolute Gasteiger partial charge is 0.0894 e. The van der Waals surface area contributed by atoms with Crippen molar-refractivity contribution in [3.63, 3.8) is 0 Å². The maximum absolute atomic E-state index is 11.3. The summed E-state index contributed by atoms with van der Waals surface area (Å²) < 4.78 is 0. The first-order chi connectivity index (χ1) is 6.81. The maximum atomic E-state index is 11.3. The van der Waals surface area contributed by atoms with E-state index in [9.17, 15) is 5.21 Å². The minimum atomic E-state index is 0.412. The quantitative estimate of drug-likeness (QED) is 0.409. The zero-order valence-corrected chi connectivity index (χ0v) is 9.77. The summed E-state index contributed by atoms with van der Waals surface area (Å²) in [6.07, 6.45) is 7.58. The van der Waals surface area contributed by atoms with Crippen LogP contribution in [0.2, 0.25) is 0 Å². The van der Waals surface area contributed by atoms with Crippen LogP contribution in [0.3, 0.4) is 0 Å². The molecule has 0 aliphatic rings. The van der Waals surface area contributed by atoms with Crippen LogP contribution in [0, 0.1) is 5.21 Å². The minimum Gasteiger partial charge on any atom is -0.634 e. The van der Waals surface area contributed by atoms with Gasteiger partial charge in [-0.3, -0.25) is 0 Å². The van der Waals surface area contributed by atoms with E-state index in [1.54, 1.807) is 0 Å². The second kappa shape index (κ2) is 11.0.